The van der Waals surface area contributed by atoms with Gasteiger partial charge in [-0.25, -0.2) is 14.4 Å². The van der Waals surface area contributed by atoms with E-state index < -0.39 is 29.4 Å². The summed E-state index contributed by atoms with van der Waals surface area (Å²) in [5, 5.41) is 7.46. The van der Waals surface area contributed by atoms with E-state index in [0.29, 0.717) is 50.6 Å². The van der Waals surface area contributed by atoms with Crippen LogP contribution in [-0.2, 0) is 30.3 Å². The molecule has 1 aromatic carbocycles. The molecule has 3 heterocycles. The molecule has 4 rings (SSSR count). The van der Waals surface area contributed by atoms with Crippen LogP contribution in [0.5, 0.6) is 0 Å². The van der Waals surface area contributed by atoms with Gasteiger partial charge in [0.2, 0.25) is 0 Å². The Kier molecular flexibility index (Phi) is 10.5. The number of rotatable bonds is 9. The lowest BCUT2D eigenvalue weighted by atomic mass is 9.97. The maximum absolute atomic E-state index is 13.2. The Hall–Kier alpha value is -4.91. The largest absolute Gasteiger partial charge is 0.462 e. The number of carbonyl (C=O) groups is 4. The van der Waals surface area contributed by atoms with Gasteiger partial charge in [-0.1, -0.05) is 6.07 Å². The standard InChI is InChI=1S/C35H45N5O8/c1-11-46-31(42)25-16-20(2)36-27(25)18-24-23-17-22(12-13-26(23)37-30(24)41)29-21(3)40(33(44)48-35(7,8)9)38-28(29)19-45-15-14-39(10)32(43)47-34(4,5)6/h12-13,16-18,36H,11,14-15,19H2,1-10H3,(H,37,41)/b24-18-. The number of hydrogen-bond donors (Lipinski definition) is 2. The van der Waals surface area contributed by atoms with Gasteiger partial charge in [0.05, 0.1) is 48.0 Å². The summed E-state index contributed by atoms with van der Waals surface area (Å²) in [6, 6.07) is 7.12. The lowest BCUT2D eigenvalue weighted by Crippen LogP contribution is -2.36. The van der Waals surface area contributed by atoms with Crippen molar-refractivity contribution in [3.8, 4) is 11.1 Å². The van der Waals surface area contributed by atoms with Gasteiger partial charge < -0.3 is 34.1 Å². The van der Waals surface area contributed by atoms with E-state index in [4.69, 9.17) is 18.9 Å². The van der Waals surface area contributed by atoms with Gasteiger partial charge in [-0.2, -0.15) is 9.78 Å². The number of nitrogens with zero attached hydrogens (tertiary/aromatic N) is 3. The molecule has 1 aliphatic heterocycles. The van der Waals surface area contributed by atoms with Gasteiger partial charge in [-0.15, -0.1) is 0 Å². The first-order chi connectivity index (χ1) is 22.4. The molecule has 48 heavy (non-hydrogen) atoms. The van der Waals surface area contributed by atoms with Gasteiger partial charge in [0, 0.05) is 36.1 Å². The van der Waals surface area contributed by atoms with Crippen molar-refractivity contribution in [1.29, 1.82) is 0 Å². The zero-order chi connectivity index (χ0) is 35.6. The van der Waals surface area contributed by atoms with Crippen LogP contribution in [0, 0.1) is 13.8 Å². The number of hydrogen-bond acceptors (Lipinski definition) is 9. The fourth-order valence-electron chi connectivity index (χ4n) is 5.05. The minimum Gasteiger partial charge on any atom is -0.462 e. The van der Waals surface area contributed by atoms with Gasteiger partial charge in [0.15, 0.2) is 0 Å². The second-order valence-corrected chi connectivity index (χ2v) is 13.5. The van der Waals surface area contributed by atoms with Crippen LogP contribution in [0.2, 0.25) is 0 Å². The summed E-state index contributed by atoms with van der Waals surface area (Å²) in [5.74, 6) is -0.823. The molecule has 258 valence electrons. The van der Waals surface area contributed by atoms with Gasteiger partial charge in [0.25, 0.3) is 5.91 Å². The van der Waals surface area contributed by atoms with Crippen molar-refractivity contribution in [1.82, 2.24) is 19.7 Å². The van der Waals surface area contributed by atoms with Gasteiger partial charge in [0.1, 0.15) is 11.2 Å². The minimum absolute atomic E-state index is 0.0236. The molecule has 0 fully saturated rings. The smallest absolute Gasteiger partial charge is 0.435 e. The van der Waals surface area contributed by atoms with Crippen molar-refractivity contribution in [2.45, 2.75) is 80.1 Å². The van der Waals surface area contributed by atoms with Crippen molar-refractivity contribution >= 4 is 41.4 Å². The summed E-state index contributed by atoms with van der Waals surface area (Å²) in [5.41, 5.74) is 3.98. The number of anilines is 1. The van der Waals surface area contributed by atoms with Gasteiger partial charge >= 0.3 is 18.2 Å². The number of esters is 1. The topological polar surface area (TPSA) is 154 Å². The molecule has 0 spiro atoms. The first-order valence-corrected chi connectivity index (χ1v) is 15.8. The third kappa shape index (κ3) is 8.51. The third-order valence-electron chi connectivity index (χ3n) is 7.13. The van der Waals surface area contributed by atoms with E-state index in [0.717, 1.165) is 5.69 Å². The first-order valence-electron chi connectivity index (χ1n) is 15.8. The summed E-state index contributed by atoms with van der Waals surface area (Å²) < 4.78 is 23.4. The van der Waals surface area contributed by atoms with Crippen LogP contribution in [0.15, 0.2) is 24.3 Å². The Bertz CT molecular complexity index is 1750. The van der Waals surface area contributed by atoms with E-state index in [1.54, 1.807) is 80.6 Å². The summed E-state index contributed by atoms with van der Waals surface area (Å²) >= 11 is 0. The molecule has 0 atom stereocenters. The van der Waals surface area contributed by atoms with Crippen LogP contribution < -0.4 is 5.32 Å². The highest BCUT2D eigenvalue weighted by Gasteiger charge is 2.29. The predicted molar refractivity (Wildman–Crippen MR) is 181 cm³/mol. The Morgan fingerprint density at radius 1 is 1.02 bits per heavy atom. The lowest BCUT2D eigenvalue weighted by Gasteiger charge is -2.24. The summed E-state index contributed by atoms with van der Waals surface area (Å²) in [6.45, 7) is 16.7. The number of aromatic amines is 1. The molecule has 2 amide bonds. The van der Waals surface area contributed by atoms with Crippen molar-refractivity contribution in [3.05, 3.63) is 58.2 Å². The second kappa shape index (κ2) is 14.1. The highest BCUT2D eigenvalue weighted by Crippen LogP contribution is 2.38. The number of ether oxygens (including phenoxy) is 4. The molecule has 0 unspecified atom stereocenters. The fourth-order valence-corrected chi connectivity index (χ4v) is 5.05. The van der Waals surface area contributed by atoms with Crippen LogP contribution in [0.1, 0.15) is 87.2 Å². The number of H-pyrrole nitrogens is 1. The zero-order valence-corrected chi connectivity index (χ0v) is 29.3. The number of amides is 2. The number of aromatic nitrogens is 3. The molecule has 3 aromatic rings. The Labute approximate surface area is 280 Å². The molecule has 13 heteroatoms. The highest BCUT2D eigenvalue weighted by atomic mass is 16.6. The first kappa shape index (κ1) is 35.9. The molecule has 0 aliphatic carbocycles. The summed E-state index contributed by atoms with van der Waals surface area (Å²) in [4.78, 5) is 55.9. The van der Waals surface area contributed by atoms with E-state index in [1.807, 2.05) is 19.1 Å². The maximum Gasteiger partial charge on any atom is 0.435 e. The monoisotopic (exact) mass is 663 g/mol. The van der Waals surface area contributed by atoms with E-state index in [9.17, 15) is 19.2 Å². The fraction of sp³-hybridized carbons (Fsp3) is 0.457. The molecular formula is C35H45N5O8. The summed E-state index contributed by atoms with van der Waals surface area (Å²) in [6.07, 6.45) is 0.516. The lowest BCUT2D eigenvalue weighted by molar-refractivity contribution is -0.110. The zero-order valence-electron chi connectivity index (χ0n) is 29.3. The van der Waals surface area contributed by atoms with Crippen molar-refractivity contribution in [2.24, 2.45) is 0 Å². The van der Waals surface area contributed by atoms with Crippen LogP contribution in [-0.4, -0.2) is 81.7 Å². The Balaban J connectivity index is 1.69. The molecule has 13 nitrogen and oxygen atoms in total. The minimum atomic E-state index is -0.754. The number of carbonyl (C=O) groups excluding carboxylic acids is 4. The number of likely N-dealkylation sites (N-methyl/N-ethyl adjacent to an activating group) is 1. The van der Waals surface area contributed by atoms with E-state index in [2.05, 4.69) is 15.4 Å². The van der Waals surface area contributed by atoms with Crippen LogP contribution in [0.25, 0.3) is 22.8 Å². The average Bonchev–Trinajstić information content (AvgIpc) is 3.61. The van der Waals surface area contributed by atoms with Gasteiger partial charge in [-0.05, 0) is 92.2 Å². The molecule has 1 aliphatic rings. The normalized spacial score (nSPS) is 13.7. The molecule has 0 bridgehead atoms. The molecule has 0 saturated carbocycles. The molecule has 2 aromatic heterocycles. The molecular weight excluding hydrogens is 618 g/mol. The Morgan fingerprint density at radius 3 is 2.35 bits per heavy atom. The molecule has 2 N–H and O–H groups in total. The second-order valence-electron chi connectivity index (χ2n) is 13.5. The Morgan fingerprint density at radius 2 is 1.71 bits per heavy atom. The molecule has 0 saturated heterocycles. The van der Waals surface area contributed by atoms with Crippen molar-refractivity contribution < 1.29 is 38.1 Å². The highest BCUT2D eigenvalue weighted by molar-refractivity contribution is 6.35. The number of aryl methyl sites for hydroxylation is 1. The average molecular weight is 664 g/mol. The van der Waals surface area contributed by atoms with E-state index >= 15 is 0 Å². The predicted octanol–water partition coefficient (Wildman–Crippen LogP) is 6.33. The van der Waals surface area contributed by atoms with E-state index in [-0.39, 0.29) is 32.3 Å². The van der Waals surface area contributed by atoms with Gasteiger partial charge in [-0.3, -0.25) is 4.79 Å². The SMILES string of the molecule is CCOC(=O)c1cc(C)[nH]c1/C=C1\C(=O)Nc2ccc(-c3c(COCCN(C)C(=O)OC(C)(C)C)nn(C(=O)OC(C)(C)C)c3C)cc21. The number of fused-ring (bicyclic) bond motifs is 1. The van der Waals surface area contributed by atoms with Crippen molar-refractivity contribution in [2.75, 3.05) is 32.1 Å². The number of benzene rings is 1. The number of nitrogens with one attached hydrogen (secondary N) is 2. The maximum atomic E-state index is 13.2. The van der Waals surface area contributed by atoms with Crippen molar-refractivity contribution in [3.63, 3.8) is 0 Å². The van der Waals surface area contributed by atoms with Crippen LogP contribution in [0.3, 0.4) is 0 Å². The van der Waals surface area contributed by atoms with Crippen LogP contribution >= 0.6 is 0 Å². The molecule has 0 radical (unpaired) electrons. The third-order valence-corrected chi connectivity index (χ3v) is 7.13. The van der Waals surface area contributed by atoms with Crippen LogP contribution in [0.4, 0.5) is 15.3 Å². The van der Waals surface area contributed by atoms with E-state index in [1.165, 1.54) is 9.58 Å². The quantitative estimate of drug-likeness (QED) is 0.116. The summed E-state index contributed by atoms with van der Waals surface area (Å²) in [7, 11) is 1.62.